The zero-order valence-electron chi connectivity index (χ0n) is 9.65. The molecule has 0 spiro atoms. The van der Waals surface area contributed by atoms with Crippen LogP contribution in [-0.2, 0) is 6.54 Å². The Morgan fingerprint density at radius 1 is 1.44 bits per heavy atom. The predicted molar refractivity (Wildman–Crippen MR) is 65.4 cm³/mol. The molecule has 1 aromatic heterocycles. The van der Waals surface area contributed by atoms with Gasteiger partial charge >= 0.3 is 0 Å². The lowest BCUT2D eigenvalue weighted by Crippen LogP contribution is -2.18. The average Bonchev–Trinajstić information content (AvgIpc) is 2.77. The van der Waals surface area contributed by atoms with Gasteiger partial charge in [-0.1, -0.05) is 12.1 Å². The Hall–Kier alpha value is -2.35. The van der Waals surface area contributed by atoms with Gasteiger partial charge in [0.2, 0.25) is 5.95 Å². The Balaban J connectivity index is 2.18. The summed E-state index contributed by atoms with van der Waals surface area (Å²) in [4.78, 5) is 4.40. The van der Waals surface area contributed by atoms with Crippen molar-refractivity contribution < 1.29 is 4.39 Å². The quantitative estimate of drug-likeness (QED) is 0.835. The van der Waals surface area contributed by atoms with Crippen molar-refractivity contribution in [1.29, 1.82) is 5.26 Å². The van der Waals surface area contributed by atoms with Crippen LogP contribution in [0.4, 0.5) is 10.3 Å². The molecule has 1 N–H and O–H groups in total. The molecule has 1 aliphatic heterocycles. The minimum absolute atomic E-state index is 0.324. The Labute approximate surface area is 104 Å². The van der Waals surface area contributed by atoms with Crippen LogP contribution in [0, 0.1) is 17.1 Å². The summed E-state index contributed by atoms with van der Waals surface area (Å²) in [6.07, 6.45) is 0.959. The molecule has 0 radical (unpaired) electrons. The summed E-state index contributed by atoms with van der Waals surface area (Å²) in [5, 5.41) is 12.4. The number of fused-ring (bicyclic) bond motifs is 1. The molecule has 0 saturated heterocycles. The number of benzene rings is 1. The van der Waals surface area contributed by atoms with Gasteiger partial charge in [0.1, 0.15) is 23.3 Å². The molecule has 0 unspecified atom stereocenters. The van der Waals surface area contributed by atoms with Crippen molar-refractivity contribution in [2.45, 2.75) is 13.0 Å². The normalized spacial score (nSPS) is 13.6. The minimum atomic E-state index is -0.324. The van der Waals surface area contributed by atoms with Crippen LogP contribution in [0.3, 0.4) is 0 Å². The molecule has 0 saturated carbocycles. The molecule has 0 fully saturated rings. The van der Waals surface area contributed by atoms with Gasteiger partial charge in [0.05, 0.1) is 0 Å². The van der Waals surface area contributed by atoms with Gasteiger partial charge in [0.25, 0.3) is 0 Å². The van der Waals surface area contributed by atoms with E-state index in [1.807, 2.05) is 4.57 Å². The summed E-state index contributed by atoms with van der Waals surface area (Å²) in [7, 11) is 0. The van der Waals surface area contributed by atoms with Crippen LogP contribution < -0.4 is 5.32 Å². The van der Waals surface area contributed by atoms with Crippen LogP contribution in [0.15, 0.2) is 24.3 Å². The van der Waals surface area contributed by atoms with E-state index in [4.69, 9.17) is 0 Å². The molecule has 3 rings (SSSR count). The van der Waals surface area contributed by atoms with Crippen molar-refractivity contribution in [3.8, 4) is 17.3 Å². The van der Waals surface area contributed by atoms with E-state index in [0.717, 1.165) is 19.5 Å². The minimum Gasteiger partial charge on any atom is -0.356 e. The number of hydrogen-bond acceptors (Lipinski definition) is 3. The van der Waals surface area contributed by atoms with Crippen LogP contribution in [0.1, 0.15) is 12.1 Å². The van der Waals surface area contributed by atoms with Crippen molar-refractivity contribution in [2.24, 2.45) is 0 Å². The van der Waals surface area contributed by atoms with E-state index in [2.05, 4.69) is 16.4 Å². The van der Waals surface area contributed by atoms with E-state index in [9.17, 15) is 9.65 Å². The number of nitrogens with zero attached hydrogens (tertiary/aromatic N) is 3. The van der Waals surface area contributed by atoms with Crippen molar-refractivity contribution in [2.75, 3.05) is 11.9 Å². The maximum absolute atomic E-state index is 13.2. The highest BCUT2D eigenvalue weighted by molar-refractivity contribution is 5.68. The molecule has 1 aromatic carbocycles. The average molecular weight is 242 g/mol. The number of imidazole rings is 1. The van der Waals surface area contributed by atoms with Crippen LogP contribution in [0.5, 0.6) is 0 Å². The molecule has 2 heterocycles. The molecule has 0 atom stereocenters. The Kier molecular flexibility index (Phi) is 2.49. The molecule has 2 aromatic rings. The first-order valence-corrected chi connectivity index (χ1v) is 5.80. The maximum Gasteiger partial charge on any atom is 0.204 e. The van der Waals surface area contributed by atoms with Gasteiger partial charge in [-0.2, -0.15) is 5.26 Å². The molecule has 0 bridgehead atoms. The van der Waals surface area contributed by atoms with Gasteiger partial charge in [0.15, 0.2) is 0 Å². The molecule has 0 aliphatic carbocycles. The van der Waals surface area contributed by atoms with Gasteiger partial charge in [-0.3, -0.25) is 0 Å². The second-order valence-electron chi connectivity index (χ2n) is 4.19. The number of anilines is 1. The number of hydrogen-bond donors (Lipinski definition) is 1. The van der Waals surface area contributed by atoms with Gasteiger partial charge in [0, 0.05) is 18.7 Å². The zero-order valence-corrected chi connectivity index (χ0v) is 9.65. The number of nitriles is 1. The Morgan fingerprint density at radius 2 is 2.33 bits per heavy atom. The van der Waals surface area contributed by atoms with Crippen molar-refractivity contribution in [3.63, 3.8) is 0 Å². The first kappa shape index (κ1) is 10.8. The molecule has 4 nitrogen and oxygen atoms in total. The second-order valence-corrected chi connectivity index (χ2v) is 4.19. The van der Waals surface area contributed by atoms with Gasteiger partial charge in [-0.15, -0.1) is 0 Å². The topological polar surface area (TPSA) is 53.6 Å². The van der Waals surface area contributed by atoms with Gasteiger partial charge in [-0.25, -0.2) is 9.37 Å². The lowest BCUT2D eigenvalue weighted by molar-refractivity contribution is 0.622. The lowest BCUT2D eigenvalue weighted by atomic mass is 10.1. The predicted octanol–water partition coefficient (Wildman–Crippen LogP) is 2.38. The third-order valence-electron chi connectivity index (χ3n) is 3.01. The van der Waals surface area contributed by atoms with E-state index >= 15 is 0 Å². The van der Waals surface area contributed by atoms with E-state index in [-0.39, 0.29) is 5.82 Å². The fourth-order valence-corrected chi connectivity index (χ4v) is 2.19. The van der Waals surface area contributed by atoms with E-state index < -0.39 is 0 Å². The highest BCUT2D eigenvalue weighted by Crippen LogP contribution is 2.28. The molecule has 5 heteroatoms. The zero-order chi connectivity index (χ0) is 12.5. The van der Waals surface area contributed by atoms with E-state index in [0.29, 0.717) is 22.9 Å². The summed E-state index contributed by atoms with van der Waals surface area (Å²) in [6, 6.07) is 8.32. The van der Waals surface area contributed by atoms with Crippen molar-refractivity contribution in [1.82, 2.24) is 9.55 Å². The maximum atomic E-state index is 13.2. The van der Waals surface area contributed by atoms with Gasteiger partial charge < -0.3 is 9.88 Å². The van der Waals surface area contributed by atoms with Gasteiger partial charge in [-0.05, 0) is 18.6 Å². The number of nitrogens with one attached hydrogen (secondary N) is 1. The van der Waals surface area contributed by atoms with E-state index in [1.165, 1.54) is 12.1 Å². The fraction of sp³-hybridized carbons (Fsp3) is 0.231. The lowest BCUT2D eigenvalue weighted by Gasteiger charge is -2.15. The standard InChI is InChI=1S/C13H11FN4/c14-10-4-1-3-9(7-10)12-11(8-15)18-6-2-5-16-13(18)17-12/h1,3-4,7H,2,5-6H2,(H,16,17). The van der Waals surface area contributed by atoms with E-state index in [1.54, 1.807) is 12.1 Å². The third kappa shape index (κ3) is 1.63. The monoisotopic (exact) mass is 242 g/mol. The van der Waals surface area contributed by atoms with Crippen molar-refractivity contribution in [3.05, 3.63) is 35.8 Å². The molecule has 90 valence electrons. The third-order valence-corrected chi connectivity index (χ3v) is 3.01. The Bertz CT molecular complexity index is 639. The molecule has 18 heavy (non-hydrogen) atoms. The second kappa shape index (κ2) is 4.15. The largest absolute Gasteiger partial charge is 0.356 e. The molecule has 0 amide bonds. The Morgan fingerprint density at radius 3 is 3.11 bits per heavy atom. The highest BCUT2D eigenvalue weighted by Gasteiger charge is 2.20. The number of aromatic nitrogens is 2. The SMILES string of the molecule is N#Cc1c(-c2cccc(F)c2)nc2n1CCCN2. The number of halogens is 1. The highest BCUT2D eigenvalue weighted by atomic mass is 19.1. The fourth-order valence-electron chi connectivity index (χ4n) is 2.19. The number of rotatable bonds is 1. The van der Waals surface area contributed by atoms with Crippen LogP contribution in [-0.4, -0.2) is 16.1 Å². The summed E-state index contributed by atoms with van der Waals surface area (Å²) < 4.78 is 15.1. The van der Waals surface area contributed by atoms with Crippen LogP contribution in [0.25, 0.3) is 11.3 Å². The van der Waals surface area contributed by atoms with Crippen LogP contribution in [0.2, 0.25) is 0 Å². The first-order valence-electron chi connectivity index (χ1n) is 5.80. The molecule has 1 aliphatic rings. The summed E-state index contributed by atoms with van der Waals surface area (Å²) in [5.74, 6) is 0.368. The summed E-state index contributed by atoms with van der Waals surface area (Å²) in [6.45, 7) is 1.62. The molecular formula is C13H11FN4. The smallest absolute Gasteiger partial charge is 0.204 e. The van der Waals surface area contributed by atoms with Crippen LogP contribution >= 0.6 is 0 Å². The summed E-state index contributed by atoms with van der Waals surface area (Å²) in [5.41, 5.74) is 1.67. The first-order chi connectivity index (χ1) is 8.79. The van der Waals surface area contributed by atoms with Crippen molar-refractivity contribution >= 4 is 5.95 Å². The molecular weight excluding hydrogens is 231 g/mol. The summed E-state index contributed by atoms with van der Waals surface area (Å²) >= 11 is 0.